The van der Waals surface area contributed by atoms with Crippen LogP contribution in [0.2, 0.25) is 0 Å². The Morgan fingerprint density at radius 3 is 2.91 bits per heavy atom. The molecule has 5 heteroatoms. The first-order valence-electron chi connectivity index (χ1n) is 8.04. The predicted molar refractivity (Wildman–Crippen MR) is 84.4 cm³/mol. The molecule has 1 saturated carbocycles. The van der Waals surface area contributed by atoms with Crippen molar-refractivity contribution in [2.75, 3.05) is 18.1 Å². The Kier molecular flexibility index (Phi) is 4.47. The molecule has 0 aromatic heterocycles. The molecule has 1 amide bonds. The third-order valence-electron chi connectivity index (χ3n) is 4.84. The first kappa shape index (κ1) is 15.5. The van der Waals surface area contributed by atoms with Gasteiger partial charge in [-0.3, -0.25) is 4.79 Å². The lowest BCUT2D eigenvalue weighted by molar-refractivity contribution is -0.315. The van der Waals surface area contributed by atoms with E-state index < -0.39 is 0 Å². The van der Waals surface area contributed by atoms with Crippen molar-refractivity contribution in [3.63, 3.8) is 0 Å². The molecule has 0 radical (unpaired) electrons. The molecule has 1 spiro atoms. The molecule has 2 unspecified atom stereocenters. The van der Waals surface area contributed by atoms with E-state index >= 15 is 0 Å². The van der Waals surface area contributed by atoms with Crippen LogP contribution in [0.4, 0.5) is 5.69 Å². The Balaban J connectivity index is 1.89. The van der Waals surface area contributed by atoms with E-state index in [1.165, 1.54) is 0 Å². The highest BCUT2D eigenvalue weighted by Crippen LogP contribution is 2.41. The van der Waals surface area contributed by atoms with Gasteiger partial charge in [0.1, 0.15) is 5.60 Å². The fourth-order valence-electron chi connectivity index (χ4n) is 3.72. The summed E-state index contributed by atoms with van der Waals surface area (Å²) >= 11 is 0. The summed E-state index contributed by atoms with van der Waals surface area (Å²) in [6.45, 7) is 2.69. The second-order valence-electron chi connectivity index (χ2n) is 6.34. The molecule has 3 rings (SSSR count). The molecule has 5 nitrogen and oxygen atoms in total. The van der Waals surface area contributed by atoms with E-state index in [4.69, 9.17) is 15.5 Å². The zero-order valence-electron chi connectivity index (χ0n) is 13.1. The van der Waals surface area contributed by atoms with Crippen molar-refractivity contribution in [2.24, 2.45) is 5.73 Å². The number of amides is 1. The maximum atomic E-state index is 12.5. The van der Waals surface area contributed by atoms with Crippen LogP contribution in [-0.4, -0.2) is 30.7 Å². The first-order chi connectivity index (χ1) is 10.7. The lowest BCUT2D eigenvalue weighted by atomic mass is 9.79. The number of hydrogen-bond donors (Lipinski definition) is 1. The van der Waals surface area contributed by atoms with Crippen LogP contribution in [0.5, 0.6) is 0 Å². The summed E-state index contributed by atoms with van der Waals surface area (Å²) in [5.41, 5.74) is 7.49. The minimum Gasteiger partial charge on any atom is -0.322 e. The molecule has 2 fully saturated rings. The molecule has 120 valence electrons. The second kappa shape index (κ2) is 6.36. The van der Waals surface area contributed by atoms with E-state index in [-0.39, 0.29) is 24.1 Å². The lowest BCUT2D eigenvalue weighted by Crippen LogP contribution is -2.50. The van der Waals surface area contributed by atoms with Crippen molar-refractivity contribution in [1.82, 2.24) is 0 Å². The van der Waals surface area contributed by atoms with Crippen molar-refractivity contribution >= 4 is 11.6 Å². The van der Waals surface area contributed by atoms with Crippen LogP contribution in [0.15, 0.2) is 24.3 Å². The van der Waals surface area contributed by atoms with Crippen molar-refractivity contribution in [2.45, 2.75) is 50.7 Å². The molecule has 1 aromatic rings. The number of benzene rings is 1. The molecule has 22 heavy (non-hydrogen) atoms. The lowest BCUT2D eigenvalue weighted by Gasteiger charge is -2.41. The summed E-state index contributed by atoms with van der Waals surface area (Å²) < 4.78 is 0. The van der Waals surface area contributed by atoms with Crippen molar-refractivity contribution in [3.05, 3.63) is 29.8 Å². The summed E-state index contributed by atoms with van der Waals surface area (Å²) in [4.78, 5) is 25.1. The third kappa shape index (κ3) is 2.89. The Bertz CT molecular complexity index is 540. The molecule has 1 heterocycles. The highest BCUT2D eigenvalue weighted by Gasteiger charge is 2.44. The van der Waals surface area contributed by atoms with Gasteiger partial charge in [-0.25, -0.2) is 9.78 Å². The topological polar surface area (TPSA) is 64.8 Å². The smallest absolute Gasteiger partial charge is 0.240 e. The zero-order valence-corrected chi connectivity index (χ0v) is 13.1. The normalized spacial score (nSPS) is 28.0. The summed E-state index contributed by atoms with van der Waals surface area (Å²) in [5.74, 6) is -0.0322. The van der Waals surface area contributed by atoms with Crippen LogP contribution in [0.25, 0.3) is 0 Å². The number of nitrogens with two attached hydrogens (primary N) is 1. The van der Waals surface area contributed by atoms with E-state index in [1.54, 1.807) is 0 Å². The van der Waals surface area contributed by atoms with Crippen LogP contribution in [0, 0.1) is 6.92 Å². The minimum atomic E-state index is -0.223. The Morgan fingerprint density at radius 1 is 1.41 bits per heavy atom. The van der Waals surface area contributed by atoms with Gasteiger partial charge >= 0.3 is 0 Å². The van der Waals surface area contributed by atoms with Gasteiger partial charge in [-0.2, -0.15) is 0 Å². The van der Waals surface area contributed by atoms with Crippen LogP contribution in [-0.2, 0) is 14.6 Å². The molecule has 2 atom stereocenters. The molecule has 1 aromatic carbocycles. The highest BCUT2D eigenvalue weighted by atomic mass is 17.2. The number of hydrogen-bond acceptors (Lipinski definition) is 4. The molecule has 1 saturated heterocycles. The monoisotopic (exact) mass is 304 g/mol. The standard InChI is InChI=1S/C17H24N2O3/c1-13-5-2-3-7-15(13)19(16(20)12-18)14-6-4-8-17(11-14)9-10-21-22-17/h2-3,5,7,14H,4,6,8-12,18H2,1H3. The zero-order chi connectivity index (χ0) is 15.6. The van der Waals surface area contributed by atoms with E-state index in [0.29, 0.717) is 6.61 Å². The van der Waals surface area contributed by atoms with Gasteiger partial charge in [0.15, 0.2) is 0 Å². The van der Waals surface area contributed by atoms with E-state index in [1.807, 2.05) is 36.1 Å². The average molecular weight is 304 g/mol. The highest BCUT2D eigenvalue weighted by molar-refractivity contribution is 5.96. The Morgan fingerprint density at radius 2 is 2.23 bits per heavy atom. The molecular weight excluding hydrogens is 280 g/mol. The van der Waals surface area contributed by atoms with E-state index in [2.05, 4.69) is 0 Å². The summed E-state index contributed by atoms with van der Waals surface area (Å²) in [7, 11) is 0. The van der Waals surface area contributed by atoms with Crippen molar-refractivity contribution in [1.29, 1.82) is 0 Å². The molecular formula is C17H24N2O3. The predicted octanol–water partition coefficient (Wildman–Crippen LogP) is 2.32. The molecule has 2 aliphatic rings. The van der Waals surface area contributed by atoms with Gasteiger partial charge in [0.05, 0.1) is 13.2 Å². The quantitative estimate of drug-likeness (QED) is 0.870. The summed E-state index contributed by atoms with van der Waals surface area (Å²) in [6, 6.07) is 8.09. The molecule has 2 N–H and O–H groups in total. The van der Waals surface area contributed by atoms with Gasteiger partial charge < -0.3 is 10.6 Å². The summed E-state index contributed by atoms with van der Waals surface area (Å²) in [5, 5.41) is 0. The van der Waals surface area contributed by atoms with Crippen LogP contribution < -0.4 is 10.6 Å². The fraction of sp³-hybridized carbons (Fsp3) is 0.588. The number of aryl methyl sites for hydroxylation is 1. The first-order valence-corrected chi connectivity index (χ1v) is 8.04. The van der Waals surface area contributed by atoms with Crippen LogP contribution >= 0.6 is 0 Å². The van der Waals surface area contributed by atoms with Crippen molar-refractivity contribution < 1.29 is 14.6 Å². The van der Waals surface area contributed by atoms with E-state index in [9.17, 15) is 4.79 Å². The summed E-state index contributed by atoms with van der Waals surface area (Å²) in [6.07, 6.45) is 4.73. The number of nitrogens with zero attached hydrogens (tertiary/aromatic N) is 1. The molecule has 1 aliphatic carbocycles. The third-order valence-corrected chi connectivity index (χ3v) is 4.84. The number of para-hydroxylation sites is 1. The van der Waals surface area contributed by atoms with Gasteiger partial charge in [0.2, 0.25) is 5.91 Å². The van der Waals surface area contributed by atoms with Crippen LogP contribution in [0.3, 0.4) is 0 Å². The SMILES string of the molecule is Cc1ccccc1N(C(=O)CN)C1CCCC2(CCOO2)C1. The molecule has 0 bridgehead atoms. The Hall–Kier alpha value is -1.43. The fourth-order valence-corrected chi connectivity index (χ4v) is 3.72. The number of anilines is 1. The van der Waals surface area contributed by atoms with Gasteiger partial charge in [-0.1, -0.05) is 18.2 Å². The largest absolute Gasteiger partial charge is 0.322 e. The van der Waals surface area contributed by atoms with Gasteiger partial charge in [0.25, 0.3) is 0 Å². The maximum Gasteiger partial charge on any atom is 0.240 e. The minimum absolute atomic E-state index is 0.0230. The van der Waals surface area contributed by atoms with Crippen LogP contribution in [0.1, 0.15) is 37.7 Å². The second-order valence-corrected chi connectivity index (χ2v) is 6.34. The van der Waals surface area contributed by atoms with Gasteiger partial charge in [-0.15, -0.1) is 0 Å². The molecule has 1 aliphatic heterocycles. The number of carbonyl (C=O) groups excluding carboxylic acids is 1. The number of rotatable bonds is 3. The maximum absolute atomic E-state index is 12.5. The van der Waals surface area contributed by atoms with E-state index in [0.717, 1.165) is 43.4 Å². The number of carbonyl (C=O) groups is 1. The Labute approximate surface area is 131 Å². The van der Waals surface area contributed by atoms with Crippen molar-refractivity contribution in [3.8, 4) is 0 Å². The van der Waals surface area contributed by atoms with Gasteiger partial charge in [0, 0.05) is 24.6 Å². The average Bonchev–Trinajstić information content (AvgIpc) is 2.97. The van der Waals surface area contributed by atoms with Gasteiger partial charge in [-0.05, 0) is 37.8 Å².